The number of hydrogen-bond acceptors (Lipinski definition) is 1. The Bertz CT molecular complexity index is 336. The third-order valence-electron chi connectivity index (χ3n) is 2.05. The summed E-state index contributed by atoms with van der Waals surface area (Å²) in [7, 11) is 0. The third-order valence-corrected chi connectivity index (χ3v) is 2.05. The molecule has 0 aromatic heterocycles. The molecule has 4 heteroatoms. The Balaban J connectivity index is 2.38. The van der Waals surface area contributed by atoms with E-state index < -0.39 is 11.7 Å². The van der Waals surface area contributed by atoms with E-state index in [1.54, 1.807) is 0 Å². The smallest absolute Gasteiger partial charge is 0.269 e. The highest BCUT2D eigenvalue weighted by Gasteiger charge is 2.33. The summed E-state index contributed by atoms with van der Waals surface area (Å²) >= 11 is 0. The Morgan fingerprint density at radius 1 is 1.31 bits per heavy atom. The number of anilines is 1. The molecule has 0 atom stereocenters. The van der Waals surface area contributed by atoms with Gasteiger partial charge in [0, 0.05) is 12.1 Å². The maximum atomic E-state index is 12.8. The second kappa shape index (κ2) is 2.65. The lowest BCUT2D eigenvalue weighted by Crippen LogP contribution is -2.34. The van der Waals surface area contributed by atoms with Crippen molar-refractivity contribution in [1.82, 2.24) is 0 Å². The van der Waals surface area contributed by atoms with E-state index in [9.17, 15) is 13.2 Å². The van der Waals surface area contributed by atoms with Crippen LogP contribution in [0.2, 0.25) is 0 Å². The van der Waals surface area contributed by atoms with Crippen LogP contribution in [0.5, 0.6) is 0 Å². The van der Waals surface area contributed by atoms with Crippen molar-refractivity contribution in [1.29, 1.82) is 0 Å². The maximum Gasteiger partial charge on any atom is 0.269 e. The number of hydrogen-bond donors (Lipinski definition) is 1. The van der Waals surface area contributed by atoms with Crippen LogP contribution in [-0.4, -0.2) is 12.5 Å². The number of nitrogens with one attached hydrogen (secondary N) is 1. The van der Waals surface area contributed by atoms with Crippen molar-refractivity contribution < 1.29 is 13.2 Å². The lowest BCUT2D eigenvalue weighted by Gasteiger charge is -2.25. The standard InChI is InChI=1S/C9H8F3N/c10-7-1-2-8-6(3-7)4-9(11,12)5-13-8/h1-3,13H,4-5H2. The quantitative estimate of drug-likeness (QED) is 0.657. The molecule has 0 saturated carbocycles. The summed E-state index contributed by atoms with van der Waals surface area (Å²) < 4.78 is 38.3. The van der Waals surface area contributed by atoms with Crippen molar-refractivity contribution in [2.75, 3.05) is 11.9 Å². The Morgan fingerprint density at radius 3 is 2.85 bits per heavy atom. The molecular weight excluding hydrogens is 179 g/mol. The van der Waals surface area contributed by atoms with Gasteiger partial charge in [0.05, 0.1) is 6.54 Å². The van der Waals surface area contributed by atoms with Crippen LogP contribution in [-0.2, 0) is 6.42 Å². The summed E-state index contributed by atoms with van der Waals surface area (Å²) in [6, 6.07) is 3.89. The average molecular weight is 187 g/mol. The highest BCUT2D eigenvalue weighted by atomic mass is 19.3. The van der Waals surface area contributed by atoms with Gasteiger partial charge in [0.15, 0.2) is 0 Å². The average Bonchev–Trinajstić information content (AvgIpc) is 2.01. The zero-order chi connectivity index (χ0) is 9.47. The fraction of sp³-hybridized carbons (Fsp3) is 0.333. The Labute approximate surface area is 73.6 Å². The number of rotatable bonds is 0. The van der Waals surface area contributed by atoms with E-state index in [4.69, 9.17) is 0 Å². The monoisotopic (exact) mass is 187 g/mol. The highest BCUT2D eigenvalue weighted by molar-refractivity contribution is 5.54. The molecule has 1 heterocycles. The largest absolute Gasteiger partial charge is 0.379 e. The van der Waals surface area contributed by atoms with Crippen LogP contribution in [0.25, 0.3) is 0 Å². The molecule has 1 aliphatic heterocycles. The fourth-order valence-corrected chi connectivity index (χ4v) is 1.45. The molecule has 1 aromatic rings. The topological polar surface area (TPSA) is 12.0 Å². The minimum absolute atomic E-state index is 0.344. The van der Waals surface area contributed by atoms with Crippen molar-refractivity contribution in [2.45, 2.75) is 12.3 Å². The molecule has 0 saturated heterocycles. The van der Waals surface area contributed by atoms with Gasteiger partial charge in [-0.3, -0.25) is 0 Å². The minimum Gasteiger partial charge on any atom is -0.379 e. The van der Waals surface area contributed by atoms with Crippen molar-refractivity contribution in [3.8, 4) is 0 Å². The molecule has 1 nitrogen and oxygen atoms in total. The zero-order valence-electron chi connectivity index (χ0n) is 6.78. The first-order valence-corrected chi connectivity index (χ1v) is 3.97. The maximum absolute atomic E-state index is 12.8. The fourth-order valence-electron chi connectivity index (χ4n) is 1.45. The van der Waals surface area contributed by atoms with Crippen LogP contribution in [0.3, 0.4) is 0 Å². The second-order valence-corrected chi connectivity index (χ2v) is 3.19. The first-order valence-electron chi connectivity index (χ1n) is 3.97. The Hall–Kier alpha value is -1.19. The summed E-state index contributed by atoms with van der Waals surface area (Å²) in [5.74, 6) is -3.24. The summed E-state index contributed by atoms with van der Waals surface area (Å²) in [6.45, 7) is -0.369. The van der Waals surface area contributed by atoms with Gasteiger partial charge in [-0.15, -0.1) is 0 Å². The first kappa shape index (κ1) is 8.41. The Morgan fingerprint density at radius 2 is 2.08 bits per heavy atom. The summed E-state index contributed by atoms with van der Waals surface area (Å²) in [6.07, 6.45) is -0.382. The van der Waals surface area contributed by atoms with Gasteiger partial charge in [-0.05, 0) is 23.8 Å². The second-order valence-electron chi connectivity index (χ2n) is 3.19. The highest BCUT2D eigenvalue weighted by Crippen LogP contribution is 2.30. The normalized spacial score (nSPS) is 19.0. The molecule has 0 aliphatic carbocycles. The molecule has 0 radical (unpaired) electrons. The van der Waals surface area contributed by atoms with Gasteiger partial charge in [-0.25, -0.2) is 13.2 Å². The molecule has 2 rings (SSSR count). The number of halogens is 3. The van der Waals surface area contributed by atoms with Crippen LogP contribution in [0, 0.1) is 5.82 Å². The molecule has 1 aliphatic rings. The number of alkyl halides is 2. The van der Waals surface area contributed by atoms with Crippen LogP contribution >= 0.6 is 0 Å². The van der Waals surface area contributed by atoms with E-state index in [1.165, 1.54) is 12.1 Å². The zero-order valence-corrected chi connectivity index (χ0v) is 6.78. The van der Waals surface area contributed by atoms with E-state index in [0.29, 0.717) is 11.3 Å². The van der Waals surface area contributed by atoms with Crippen molar-refractivity contribution >= 4 is 5.69 Å². The van der Waals surface area contributed by atoms with Crippen molar-refractivity contribution in [2.24, 2.45) is 0 Å². The molecule has 1 N–H and O–H groups in total. The van der Waals surface area contributed by atoms with Crippen LogP contribution < -0.4 is 5.32 Å². The lowest BCUT2D eigenvalue weighted by atomic mass is 10.0. The molecule has 70 valence electrons. The summed E-state index contributed by atoms with van der Waals surface area (Å²) in [5, 5.41) is 2.56. The molecular formula is C9H8F3N. The Kier molecular flexibility index (Phi) is 1.71. The molecule has 1 aromatic carbocycles. The molecule has 13 heavy (non-hydrogen) atoms. The van der Waals surface area contributed by atoms with E-state index in [1.807, 2.05) is 0 Å². The summed E-state index contributed by atoms with van der Waals surface area (Å²) in [4.78, 5) is 0. The number of benzene rings is 1. The van der Waals surface area contributed by atoms with Gasteiger partial charge in [0.25, 0.3) is 5.92 Å². The van der Waals surface area contributed by atoms with Crippen LogP contribution in [0.1, 0.15) is 5.56 Å². The predicted octanol–water partition coefficient (Wildman–Crippen LogP) is 2.43. The van der Waals surface area contributed by atoms with E-state index >= 15 is 0 Å². The van der Waals surface area contributed by atoms with Crippen molar-refractivity contribution in [3.05, 3.63) is 29.6 Å². The van der Waals surface area contributed by atoms with Gasteiger partial charge in [0.1, 0.15) is 5.82 Å². The third kappa shape index (κ3) is 1.61. The molecule has 0 bridgehead atoms. The van der Waals surface area contributed by atoms with Gasteiger partial charge in [0.2, 0.25) is 0 Å². The van der Waals surface area contributed by atoms with E-state index in [2.05, 4.69) is 5.32 Å². The molecule has 0 fully saturated rings. The number of fused-ring (bicyclic) bond motifs is 1. The lowest BCUT2D eigenvalue weighted by molar-refractivity contribution is 0.0129. The van der Waals surface area contributed by atoms with E-state index in [-0.39, 0.29) is 13.0 Å². The SMILES string of the molecule is Fc1ccc2c(c1)CC(F)(F)CN2. The van der Waals surface area contributed by atoms with Crippen LogP contribution in [0.4, 0.5) is 18.9 Å². The predicted molar refractivity (Wildman–Crippen MR) is 43.5 cm³/mol. The first-order chi connectivity index (χ1) is 6.07. The van der Waals surface area contributed by atoms with Gasteiger partial charge >= 0.3 is 0 Å². The van der Waals surface area contributed by atoms with Gasteiger partial charge < -0.3 is 5.32 Å². The van der Waals surface area contributed by atoms with Crippen LogP contribution in [0.15, 0.2) is 18.2 Å². The molecule has 0 unspecified atom stereocenters. The molecule has 0 spiro atoms. The van der Waals surface area contributed by atoms with Gasteiger partial charge in [-0.1, -0.05) is 0 Å². The van der Waals surface area contributed by atoms with Crippen molar-refractivity contribution in [3.63, 3.8) is 0 Å². The van der Waals surface area contributed by atoms with E-state index in [0.717, 1.165) is 6.07 Å². The summed E-state index contributed by atoms with van der Waals surface area (Å²) in [5.41, 5.74) is 0.948. The minimum atomic E-state index is -2.76. The van der Waals surface area contributed by atoms with Gasteiger partial charge in [-0.2, -0.15) is 0 Å². The molecule has 0 amide bonds.